The summed E-state index contributed by atoms with van der Waals surface area (Å²) in [5.74, 6) is 0. The molecule has 0 saturated carbocycles. The van der Waals surface area contributed by atoms with Crippen LogP contribution in [0.4, 0.5) is 0 Å². The Kier molecular flexibility index (Phi) is 6.81. The second-order valence-corrected chi connectivity index (χ2v) is 8.88. The summed E-state index contributed by atoms with van der Waals surface area (Å²) >= 11 is 0. The number of piperazine rings is 1. The molecule has 1 aliphatic heterocycles. The molecule has 1 atom stereocenters. The van der Waals surface area contributed by atoms with Gasteiger partial charge in [0.2, 0.25) is 10.0 Å². The van der Waals surface area contributed by atoms with Crippen LogP contribution in [0.1, 0.15) is 11.1 Å². The molecule has 2 aromatic rings. The molecule has 1 N–H and O–H groups in total. The molecule has 1 fully saturated rings. The third kappa shape index (κ3) is 5.18. The SMILES string of the molecule is CN1CCN(C(CNS(=O)(=O)c2ccccc2C#N)Cc2ccccc2)CC1. The molecule has 1 saturated heterocycles. The molecule has 1 aliphatic rings. The van der Waals surface area contributed by atoms with Crippen LogP contribution in [0.2, 0.25) is 0 Å². The van der Waals surface area contributed by atoms with E-state index in [-0.39, 0.29) is 16.5 Å². The van der Waals surface area contributed by atoms with Gasteiger partial charge in [-0.3, -0.25) is 4.90 Å². The predicted octanol–water partition coefficient (Wildman–Crippen LogP) is 1.70. The molecule has 0 aliphatic carbocycles. The first-order chi connectivity index (χ1) is 13.5. The van der Waals surface area contributed by atoms with E-state index in [1.807, 2.05) is 24.3 Å². The molecule has 1 unspecified atom stereocenters. The van der Waals surface area contributed by atoms with Crippen LogP contribution in [0.25, 0.3) is 0 Å². The fraction of sp³-hybridized carbons (Fsp3) is 0.381. The van der Waals surface area contributed by atoms with Crippen molar-refractivity contribution in [3.63, 3.8) is 0 Å². The molecular formula is C21H26N4O2S. The van der Waals surface area contributed by atoms with Crippen LogP contribution in [0.5, 0.6) is 0 Å². The zero-order valence-corrected chi connectivity index (χ0v) is 16.9. The summed E-state index contributed by atoms with van der Waals surface area (Å²) in [5, 5.41) is 9.23. The Balaban J connectivity index is 1.76. The van der Waals surface area contributed by atoms with Gasteiger partial charge in [0.25, 0.3) is 0 Å². The van der Waals surface area contributed by atoms with E-state index >= 15 is 0 Å². The number of benzene rings is 2. The van der Waals surface area contributed by atoms with Crippen LogP contribution in [0, 0.1) is 11.3 Å². The van der Waals surface area contributed by atoms with Gasteiger partial charge in [0, 0.05) is 38.8 Å². The number of nitrogens with zero attached hydrogens (tertiary/aromatic N) is 3. The average Bonchev–Trinajstić information content (AvgIpc) is 2.72. The zero-order valence-electron chi connectivity index (χ0n) is 16.1. The Morgan fingerprint density at radius 2 is 1.68 bits per heavy atom. The number of rotatable bonds is 7. The van der Waals surface area contributed by atoms with Crippen molar-refractivity contribution in [2.75, 3.05) is 39.8 Å². The third-order valence-corrected chi connectivity index (χ3v) is 6.66. The molecule has 3 rings (SSSR count). The minimum Gasteiger partial charge on any atom is -0.304 e. The summed E-state index contributed by atoms with van der Waals surface area (Å²) in [5.41, 5.74) is 1.34. The molecule has 0 bridgehead atoms. The lowest BCUT2D eigenvalue weighted by Crippen LogP contribution is -2.53. The summed E-state index contributed by atoms with van der Waals surface area (Å²) in [4.78, 5) is 4.67. The van der Waals surface area contributed by atoms with Gasteiger partial charge >= 0.3 is 0 Å². The number of nitrogens with one attached hydrogen (secondary N) is 1. The van der Waals surface area contributed by atoms with Gasteiger partial charge in [0.05, 0.1) is 10.5 Å². The van der Waals surface area contributed by atoms with E-state index in [9.17, 15) is 13.7 Å². The van der Waals surface area contributed by atoms with E-state index in [4.69, 9.17) is 0 Å². The highest BCUT2D eigenvalue weighted by Crippen LogP contribution is 2.16. The van der Waals surface area contributed by atoms with Gasteiger partial charge in [0.1, 0.15) is 6.07 Å². The molecule has 7 heteroatoms. The Bertz CT molecular complexity index is 917. The van der Waals surface area contributed by atoms with Gasteiger partial charge < -0.3 is 4.90 Å². The van der Waals surface area contributed by atoms with Gasteiger partial charge in [-0.15, -0.1) is 0 Å². The zero-order chi connectivity index (χ0) is 20.0. The van der Waals surface area contributed by atoms with Crippen LogP contribution in [0.3, 0.4) is 0 Å². The fourth-order valence-electron chi connectivity index (χ4n) is 3.48. The first-order valence-corrected chi connectivity index (χ1v) is 10.9. The molecule has 148 valence electrons. The summed E-state index contributed by atoms with van der Waals surface area (Å²) in [7, 11) is -1.65. The quantitative estimate of drug-likeness (QED) is 0.768. The van der Waals surface area contributed by atoms with Crippen molar-refractivity contribution in [2.45, 2.75) is 17.4 Å². The van der Waals surface area contributed by atoms with Gasteiger partial charge in [-0.2, -0.15) is 5.26 Å². The second-order valence-electron chi connectivity index (χ2n) is 7.14. The van der Waals surface area contributed by atoms with Crippen molar-refractivity contribution in [3.8, 4) is 6.07 Å². The van der Waals surface area contributed by atoms with Crippen molar-refractivity contribution in [3.05, 3.63) is 65.7 Å². The Morgan fingerprint density at radius 1 is 1.04 bits per heavy atom. The summed E-state index contributed by atoms with van der Waals surface area (Å²) in [6, 6.07) is 18.5. The maximum absolute atomic E-state index is 12.8. The third-order valence-electron chi connectivity index (χ3n) is 5.17. The summed E-state index contributed by atoms with van der Waals surface area (Å²) < 4.78 is 28.4. The maximum atomic E-state index is 12.8. The van der Waals surface area contributed by atoms with E-state index in [1.165, 1.54) is 17.7 Å². The molecule has 0 radical (unpaired) electrons. The Hall–Kier alpha value is -2.24. The minimum absolute atomic E-state index is 0.0364. The van der Waals surface area contributed by atoms with Crippen molar-refractivity contribution < 1.29 is 8.42 Å². The normalized spacial score (nSPS) is 17.1. The number of sulfonamides is 1. The molecule has 0 aromatic heterocycles. The Labute approximate surface area is 167 Å². The van der Waals surface area contributed by atoms with Crippen molar-refractivity contribution in [1.82, 2.24) is 14.5 Å². The second kappa shape index (κ2) is 9.30. The van der Waals surface area contributed by atoms with Crippen LogP contribution in [0.15, 0.2) is 59.5 Å². The Morgan fingerprint density at radius 3 is 2.36 bits per heavy atom. The lowest BCUT2D eigenvalue weighted by Gasteiger charge is -2.38. The van der Waals surface area contributed by atoms with Crippen molar-refractivity contribution >= 4 is 10.0 Å². The topological polar surface area (TPSA) is 76.4 Å². The molecule has 0 amide bonds. The lowest BCUT2D eigenvalue weighted by atomic mass is 10.0. The first kappa shape index (κ1) is 20.5. The average molecular weight is 399 g/mol. The smallest absolute Gasteiger partial charge is 0.241 e. The van der Waals surface area contributed by atoms with Gasteiger partial charge in [-0.05, 0) is 31.2 Å². The van der Waals surface area contributed by atoms with E-state index in [1.54, 1.807) is 12.1 Å². The highest BCUT2D eigenvalue weighted by Gasteiger charge is 2.25. The molecule has 0 spiro atoms. The highest BCUT2D eigenvalue weighted by molar-refractivity contribution is 7.89. The largest absolute Gasteiger partial charge is 0.304 e. The van der Waals surface area contributed by atoms with E-state index in [2.05, 4.69) is 33.7 Å². The van der Waals surface area contributed by atoms with Gasteiger partial charge in [-0.25, -0.2) is 13.1 Å². The van der Waals surface area contributed by atoms with E-state index in [0.717, 1.165) is 32.6 Å². The van der Waals surface area contributed by atoms with Gasteiger partial charge in [-0.1, -0.05) is 42.5 Å². The van der Waals surface area contributed by atoms with Crippen molar-refractivity contribution in [2.24, 2.45) is 0 Å². The van der Waals surface area contributed by atoms with Crippen LogP contribution >= 0.6 is 0 Å². The number of nitriles is 1. The molecule has 28 heavy (non-hydrogen) atoms. The number of hydrogen-bond acceptors (Lipinski definition) is 5. The van der Waals surface area contributed by atoms with E-state index in [0.29, 0.717) is 6.54 Å². The van der Waals surface area contributed by atoms with Crippen molar-refractivity contribution in [1.29, 1.82) is 5.26 Å². The monoisotopic (exact) mass is 398 g/mol. The van der Waals surface area contributed by atoms with E-state index < -0.39 is 10.0 Å². The fourth-order valence-corrected chi connectivity index (χ4v) is 4.71. The van der Waals surface area contributed by atoms with Crippen LogP contribution < -0.4 is 4.72 Å². The maximum Gasteiger partial charge on any atom is 0.241 e. The number of likely N-dealkylation sites (N-methyl/N-ethyl adjacent to an activating group) is 1. The standard InChI is InChI=1S/C21H26N4O2S/c1-24-11-13-25(14-12-24)20(15-18-7-3-2-4-8-18)17-23-28(26,27)21-10-6-5-9-19(21)16-22/h2-10,20,23H,11-15,17H2,1H3. The van der Waals surface area contributed by atoms with Gasteiger partial charge in [0.15, 0.2) is 0 Å². The first-order valence-electron chi connectivity index (χ1n) is 9.45. The lowest BCUT2D eigenvalue weighted by molar-refractivity contribution is 0.112. The molecule has 6 nitrogen and oxygen atoms in total. The molecule has 2 aromatic carbocycles. The minimum atomic E-state index is -3.75. The predicted molar refractivity (Wildman–Crippen MR) is 109 cm³/mol. The summed E-state index contributed by atoms with van der Waals surface area (Å²) in [6.07, 6.45) is 0.771. The molecule has 1 heterocycles. The van der Waals surface area contributed by atoms with Crippen LogP contribution in [-0.2, 0) is 16.4 Å². The summed E-state index contributed by atoms with van der Waals surface area (Å²) in [6.45, 7) is 4.06. The highest BCUT2D eigenvalue weighted by atomic mass is 32.2. The molecular weight excluding hydrogens is 372 g/mol. The number of hydrogen-bond donors (Lipinski definition) is 1. The van der Waals surface area contributed by atoms with Crippen LogP contribution in [-0.4, -0.2) is 64.0 Å².